The minimum Gasteiger partial charge on any atom is -0.494 e. The maximum absolute atomic E-state index is 10.7. The molecule has 2 N–H and O–H groups in total. The van der Waals surface area contributed by atoms with Crippen molar-refractivity contribution in [2.75, 3.05) is 11.9 Å². The lowest BCUT2D eigenvalue weighted by Crippen LogP contribution is -1.99. The molecular formula is C14H16N2O4. The first kappa shape index (κ1) is 13.9. The fraction of sp³-hybridized carbons (Fsp3) is 0.286. The van der Waals surface area contributed by atoms with Crippen LogP contribution in [0.25, 0.3) is 0 Å². The van der Waals surface area contributed by atoms with Crippen molar-refractivity contribution in [2.24, 2.45) is 0 Å². The zero-order valence-electron chi connectivity index (χ0n) is 11.1. The molecule has 0 aliphatic rings. The van der Waals surface area contributed by atoms with Gasteiger partial charge < -0.3 is 19.7 Å². The summed E-state index contributed by atoms with van der Waals surface area (Å²) in [4.78, 5) is 10.7. The lowest BCUT2D eigenvalue weighted by molar-refractivity contribution is 0.0685. The van der Waals surface area contributed by atoms with Crippen LogP contribution in [0.1, 0.15) is 29.6 Å². The van der Waals surface area contributed by atoms with Crippen LogP contribution in [0.5, 0.6) is 5.75 Å². The topological polar surface area (TPSA) is 84.6 Å². The predicted octanol–water partition coefficient (Wildman–Crippen LogP) is 2.77. The van der Waals surface area contributed by atoms with Gasteiger partial charge in [0.15, 0.2) is 11.5 Å². The second kappa shape index (κ2) is 6.60. The van der Waals surface area contributed by atoms with Crippen molar-refractivity contribution in [3.63, 3.8) is 0 Å². The summed E-state index contributed by atoms with van der Waals surface area (Å²) in [6, 6.07) is 8.93. The summed E-state index contributed by atoms with van der Waals surface area (Å²) >= 11 is 0. The smallest absolute Gasteiger partial charge is 0.358 e. The number of carboxylic acids is 1. The highest BCUT2D eigenvalue weighted by Crippen LogP contribution is 2.16. The third-order valence-corrected chi connectivity index (χ3v) is 2.57. The van der Waals surface area contributed by atoms with E-state index in [1.165, 1.54) is 6.07 Å². The third-order valence-electron chi connectivity index (χ3n) is 2.57. The van der Waals surface area contributed by atoms with E-state index in [0.717, 1.165) is 17.9 Å². The van der Waals surface area contributed by atoms with Crippen LogP contribution in [0.2, 0.25) is 0 Å². The standard InChI is InChI=1S/C14H16N2O4/c1-2-7-19-11-5-3-10(4-6-11)15-9-12-8-13(14(17)18)16-20-12/h3-6,8,15H,2,7,9H2,1H3,(H,17,18). The fourth-order valence-corrected chi connectivity index (χ4v) is 1.58. The molecule has 0 saturated carbocycles. The molecule has 1 aromatic carbocycles. The molecule has 1 aromatic heterocycles. The SMILES string of the molecule is CCCOc1ccc(NCc2cc(C(=O)O)no2)cc1. The zero-order chi connectivity index (χ0) is 14.4. The maximum Gasteiger partial charge on any atom is 0.358 e. The van der Waals surface area contributed by atoms with E-state index in [1.54, 1.807) is 0 Å². The van der Waals surface area contributed by atoms with E-state index in [2.05, 4.69) is 17.4 Å². The minimum absolute atomic E-state index is 0.0925. The Labute approximate surface area is 116 Å². The van der Waals surface area contributed by atoms with Gasteiger partial charge >= 0.3 is 5.97 Å². The van der Waals surface area contributed by atoms with E-state index in [1.807, 2.05) is 24.3 Å². The molecule has 0 unspecified atom stereocenters. The summed E-state index contributed by atoms with van der Waals surface area (Å²) in [6.07, 6.45) is 0.970. The average Bonchev–Trinajstić information content (AvgIpc) is 2.93. The Morgan fingerprint density at radius 1 is 1.40 bits per heavy atom. The average molecular weight is 276 g/mol. The Hall–Kier alpha value is -2.50. The van der Waals surface area contributed by atoms with E-state index in [0.29, 0.717) is 18.9 Å². The van der Waals surface area contributed by atoms with Crippen molar-refractivity contribution >= 4 is 11.7 Å². The summed E-state index contributed by atoms with van der Waals surface area (Å²) in [5.74, 6) is 0.191. The molecule has 0 fully saturated rings. The molecule has 0 aliphatic heterocycles. The van der Waals surface area contributed by atoms with Crippen LogP contribution in [-0.4, -0.2) is 22.8 Å². The molecule has 1 heterocycles. The molecule has 0 aliphatic carbocycles. The molecule has 6 heteroatoms. The van der Waals surface area contributed by atoms with Gasteiger partial charge in [-0.1, -0.05) is 12.1 Å². The van der Waals surface area contributed by atoms with Crippen molar-refractivity contribution < 1.29 is 19.2 Å². The van der Waals surface area contributed by atoms with E-state index >= 15 is 0 Å². The molecule has 0 radical (unpaired) electrons. The number of nitrogens with zero attached hydrogens (tertiary/aromatic N) is 1. The van der Waals surface area contributed by atoms with Crippen molar-refractivity contribution in [2.45, 2.75) is 19.9 Å². The second-order valence-corrected chi connectivity index (χ2v) is 4.21. The first-order chi connectivity index (χ1) is 9.69. The van der Waals surface area contributed by atoms with Crippen LogP contribution in [0.4, 0.5) is 5.69 Å². The Morgan fingerprint density at radius 2 is 2.15 bits per heavy atom. The summed E-state index contributed by atoms with van der Waals surface area (Å²) in [5.41, 5.74) is 0.798. The third kappa shape index (κ3) is 3.74. The highest BCUT2D eigenvalue weighted by atomic mass is 16.5. The number of hydrogen-bond donors (Lipinski definition) is 2. The van der Waals surface area contributed by atoms with Crippen LogP contribution >= 0.6 is 0 Å². The van der Waals surface area contributed by atoms with Crippen LogP contribution in [0, 0.1) is 0 Å². The number of nitrogens with one attached hydrogen (secondary N) is 1. The highest BCUT2D eigenvalue weighted by molar-refractivity contribution is 5.85. The zero-order valence-corrected chi connectivity index (χ0v) is 11.1. The van der Waals surface area contributed by atoms with E-state index in [9.17, 15) is 4.79 Å². The van der Waals surface area contributed by atoms with Gasteiger partial charge in [-0.2, -0.15) is 0 Å². The summed E-state index contributed by atoms with van der Waals surface area (Å²) in [5, 5.41) is 15.3. The van der Waals surface area contributed by atoms with Gasteiger partial charge in [-0.15, -0.1) is 0 Å². The van der Waals surface area contributed by atoms with Crippen molar-refractivity contribution in [3.05, 3.63) is 41.8 Å². The molecule has 0 saturated heterocycles. The van der Waals surface area contributed by atoms with E-state index in [-0.39, 0.29) is 5.69 Å². The van der Waals surface area contributed by atoms with Crippen LogP contribution < -0.4 is 10.1 Å². The Kier molecular flexibility index (Phi) is 4.60. The van der Waals surface area contributed by atoms with Gasteiger partial charge in [-0.3, -0.25) is 0 Å². The number of anilines is 1. The number of aromatic carboxylic acids is 1. The lowest BCUT2D eigenvalue weighted by atomic mass is 10.3. The number of hydrogen-bond acceptors (Lipinski definition) is 5. The number of benzene rings is 1. The second-order valence-electron chi connectivity index (χ2n) is 4.21. The minimum atomic E-state index is -1.10. The molecule has 0 bridgehead atoms. The summed E-state index contributed by atoms with van der Waals surface area (Å²) < 4.78 is 10.4. The fourth-order valence-electron chi connectivity index (χ4n) is 1.58. The Bertz CT molecular complexity index is 563. The number of carboxylic acid groups (broad SMARTS) is 1. The molecule has 6 nitrogen and oxygen atoms in total. The van der Waals surface area contributed by atoms with Gasteiger partial charge in [-0.25, -0.2) is 4.79 Å². The van der Waals surface area contributed by atoms with Gasteiger partial charge in [0.05, 0.1) is 13.2 Å². The molecule has 2 rings (SSSR count). The highest BCUT2D eigenvalue weighted by Gasteiger charge is 2.10. The van der Waals surface area contributed by atoms with Crippen LogP contribution in [0.15, 0.2) is 34.9 Å². The van der Waals surface area contributed by atoms with E-state index < -0.39 is 5.97 Å². The molecular weight excluding hydrogens is 260 g/mol. The molecule has 20 heavy (non-hydrogen) atoms. The van der Waals surface area contributed by atoms with Gasteiger partial charge in [-0.05, 0) is 30.7 Å². The van der Waals surface area contributed by atoms with Crippen molar-refractivity contribution in [1.82, 2.24) is 5.16 Å². The Morgan fingerprint density at radius 3 is 2.75 bits per heavy atom. The van der Waals surface area contributed by atoms with Crippen molar-refractivity contribution in [3.8, 4) is 5.75 Å². The predicted molar refractivity (Wildman–Crippen MR) is 73.0 cm³/mol. The summed E-state index contributed by atoms with van der Waals surface area (Å²) in [7, 11) is 0. The van der Waals surface area contributed by atoms with Crippen LogP contribution in [0.3, 0.4) is 0 Å². The monoisotopic (exact) mass is 276 g/mol. The van der Waals surface area contributed by atoms with Gasteiger partial charge in [0.2, 0.25) is 0 Å². The Balaban J connectivity index is 1.88. The first-order valence-corrected chi connectivity index (χ1v) is 6.34. The molecule has 0 spiro atoms. The number of aromatic nitrogens is 1. The molecule has 2 aromatic rings. The largest absolute Gasteiger partial charge is 0.494 e. The van der Waals surface area contributed by atoms with Crippen molar-refractivity contribution in [1.29, 1.82) is 0 Å². The quantitative estimate of drug-likeness (QED) is 0.809. The van der Waals surface area contributed by atoms with Gasteiger partial charge in [0.1, 0.15) is 5.75 Å². The lowest BCUT2D eigenvalue weighted by Gasteiger charge is -2.07. The van der Waals surface area contributed by atoms with Crippen LogP contribution in [-0.2, 0) is 6.54 Å². The number of rotatable bonds is 7. The van der Waals surface area contributed by atoms with Gasteiger partial charge in [0.25, 0.3) is 0 Å². The molecule has 0 atom stereocenters. The first-order valence-electron chi connectivity index (χ1n) is 6.34. The number of ether oxygens (including phenoxy) is 1. The molecule has 0 amide bonds. The van der Waals surface area contributed by atoms with E-state index in [4.69, 9.17) is 14.4 Å². The summed E-state index contributed by atoms with van der Waals surface area (Å²) in [6.45, 7) is 3.12. The molecule has 106 valence electrons. The number of carbonyl (C=O) groups is 1. The normalized spacial score (nSPS) is 10.2. The van der Waals surface area contributed by atoms with Gasteiger partial charge in [0, 0.05) is 11.8 Å². The maximum atomic E-state index is 10.7.